The average Bonchev–Trinajstić information content (AvgIpc) is 2.75. The summed E-state index contributed by atoms with van der Waals surface area (Å²) in [7, 11) is 0. The van der Waals surface area contributed by atoms with E-state index in [1.165, 1.54) is 0 Å². The molecule has 0 aromatic rings. The van der Waals surface area contributed by atoms with Crippen molar-refractivity contribution in [3.8, 4) is 0 Å². The molecule has 6 atom stereocenters. The zero-order valence-electron chi connectivity index (χ0n) is 11.5. The summed E-state index contributed by atoms with van der Waals surface area (Å²) in [6.07, 6.45) is 3.49. The van der Waals surface area contributed by atoms with Gasteiger partial charge >= 0.3 is 5.97 Å². The van der Waals surface area contributed by atoms with Crippen molar-refractivity contribution in [2.24, 2.45) is 35.5 Å². The number of carboxylic acid groups (broad SMARTS) is 1. The highest BCUT2D eigenvalue weighted by molar-refractivity contribution is 5.80. The van der Waals surface area contributed by atoms with Crippen LogP contribution in [0.4, 0.5) is 0 Å². The van der Waals surface area contributed by atoms with E-state index in [1.807, 2.05) is 0 Å². The van der Waals surface area contributed by atoms with Crippen LogP contribution in [0.15, 0.2) is 0 Å². The lowest BCUT2D eigenvalue weighted by atomic mass is 10.0. The maximum absolute atomic E-state index is 12.4. The SMILES string of the molecule is O=C(N[C@H]1C[C@@H](C(=O)O)[C@@H]2C[C@@H]21)C1C[C@@H]2COC[C@H]2C1. The fourth-order valence-electron chi connectivity index (χ4n) is 4.74. The molecule has 0 aromatic carbocycles. The van der Waals surface area contributed by atoms with Gasteiger partial charge in [0.05, 0.1) is 5.92 Å². The molecule has 3 saturated carbocycles. The normalized spacial score (nSPS) is 46.0. The summed E-state index contributed by atoms with van der Waals surface area (Å²) in [4.78, 5) is 23.5. The van der Waals surface area contributed by atoms with Gasteiger partial charge in [-0.1, -0.05) is 0 Å². The highest BCUT2D eigenvalue weighted by Crippen LogP contribution is 2.55. The van der Waals surface area contributed by atoms with Crippen LogP contribution in [0.3, 0.4) is 0 Å². The molecule has 1 aliphatic heterocycles. The van der Waals surface area contributed by atoms with Gasteiger partial charge in [-0.05, 0) is 49.4 Å². The zero-order chi connectivity index (χ0) is 13.9. The summed E-state index contributed by atoms with van der Waals surface area (Å²) in [5.41, 5.74) is 0. The molecule has 0 aromatic heterocycles. The first-order valence-electron chi connectivity index (χ1n) is 7.74. The second-order valence-electron chi connectivity index (χ2n) is 7.08. The number of carbonyl (C=O) groups is 2. The van der Waals surface area contributed by atoms with Crippen molar-refractivity contribution in [2.75, 3.05) is 13.2 Å². The van der Waals surface area contributed by atoms with E-state index in [-0.39, 0.29) is 23.8 Å². The number of carbonyl (C=O) groups excluding carboxylic acids is 1. The minimum absolute atomic E-state index is 0.102. The first kappa shape index (κ1) is 12.6. The first-order chi connectivity index (χ1) is 9.63. The quantitative estimate of drug-likeness (QED) is 0.804. The second-order valence-corrected chi connectivity index (χ2v) is 7.08. The van der Waals surface area contributed by atoms with E-state index in [2.05, 4.69) is 5.32 Å². The highest BCUT2D eigenvalue weighted by atomic mass is 16.5. The van der Waals surface area contributed by atoms with Gasteiger partial charge in [0.2, 0.25) is 5.91 Å². The van der Waals surface area contributed by atoms with Gasteiger partial charge in [-0.3, -0.25) is 9.59 Å². The third-order valence-electron chi connectivity index (χ3n) is 5.95. The third kappa shape index (κ3) is 1.94. The van der Waals surface area contributed by atoms with E-state index < -0.39 is 5.97 Å². The monoisotopic (exact) mass is 279 g/mol. The lowest BCUT2D eigenvalue weighted by Gasteiger charge is -2.19. The molecule has 4 fully saturated rings. The molecular weight excluding hydrogens is 258 g/mol. The Bertz CT molecular complexity index is 439. The number of nitrogens with one attached hydrogen (secondary N) is 1. The summed E-state index contributed by atoms with van der Waals surface area (Å²) in [5.74, 6) is 1.21. The van der Waals surface area contributed by atoms with Crippen molar-refractivity contribution in [2.45, 2.75) is 31.7 Å². The molecule has 4 aliphatic rings. The van der Waals surface area contributed by atoms with Crippen molar-refractivity contribution < 1.29 is 19.4 Å². The van der Waals surface area contributed by atoms with Crippen LogP contribution in [0, 0.1) is 35.5 Å². The Morgan fingerprint density at radius 1 is 1.00 bits per heavy atom. The van der Waals surface area contributed by atoms with E-state index in [0.29, 0.717) is 30.1 Å². The number of amides is 1. The third-order valence-corrected chi connectivity index (χ3v) is 5.95. The molecule has 0 unspecified atom stereocenters. The summed E-state index contributed by atoms with van der Waals surface area (Å²) >= 11 is 0. The van der Waals surface area contributed by atoms with Crippen molar-refractivity contribution in [1.82, 2.24) is 5.32 Å². The molecule has 0 radical (unpaired) electrons. The maximum Gasteiger partial charge on any atom is 0.306 e. The first-order valence-corrected chi connectivity index (χ1v) is 7.74. The second kappa shape index (κ2) is 4.45. The molecule has 5 heteroatoms. The Morgan fingerprint density at radius 2 is 1.70 bits per heavy atom. The van der Waals surface area contributed by atoms with E-state index in [1.54, 1.807) is 0 Å². The van der Waals surface area contributed by atoms with Gasteiger partial charge in [0.25, 0.3) is 0 Å². The topological polar surface area (TPSA) is 75.6 Å². The minimum atomic E-state index is -0.693. The molecule has 1 amide bonds. The Balaban J connectivity index is 1.34. The molecule has 0 bridgehead atoms. The van der Waals surface area contributed by atoms with E-state index in [4.69, 9.17) is 9.84 Å². The molecule has 110 valence electrons. The molecule has 3 aliphatic carbocycles. The fourth-order valence-corrected chi connectivity index (χ4v) is 4.74. The van der Waals surface area contributed by atoms with Crippen LogP contribution in [0.5, 0.6) is 0 Å². The number of hydrogen-bond donors (Lipinski definition) is 2. The fraction of sp³-hybridized carbons (Fsp3) is 0.867. The van der Waals surface area contributed by atoms with Gasteiger partial charge in [0, 0.05) is 25.2 Å². The smallest absolute Gasteiger partial charge is 0.306 e. The van der Waals surface area contributed by atoms with Gasteiger partial charge in [0.15, 0.2) is 0 Å². The predicted molar refractivity (Wildman–Crippen MR) is 69.8 cm³/mol. The summed E-state index contributed by atoms with van der Waals surface area (Å²) in [6.45, 7) is 1.62. The molecule has 4 rings (SSSR count). The van der Waals surface area contributed by atoms with Gasteiger partial charge < -0.3 is 15.2 Å². The van der Waals surface area contributed by atoms with Crippen LogP contribution in [0.2, 0.25) is 0 Å². The average molecular weight is 279 g/mol. The van der Waals surface area contributed by atoms with Gasteiger partial charge in [-0.2, -0.15) is 0 Å². The number of carboxylic acids is 1. The van der Waals surface area contributed by atoms with E-state index in [0.717, 1.165) is 32.5 Å². The van der Waals surface area contributed by atoms with Crippen molar-refractivity contribution in [3.63, 3.8) is 0 Å². The molecule has 20 heavy (non-hydrogen) atoms. The van der Waals surface area contributed by atoms with Gasteiger partial charge in [0.1, 0.15) is 0 Å². The molecule has 2 N–H and O–H groups in total. The van der Waals surface area contributed by atoms with Crippen LogP contribution in [-0.4, -0.2) is 36.2 Å². The van der Waals surface area contributed by atoms with Gasteiger partial charge in [-0.15, -0.1) is 0 Å². The lowest BCUT2D eigenvalue weighted by molar-refractivity contribution is -0.142. The molecule has 5 nitrogen and oxygen atoms in total. The van der Waals surface area contributed by atoms with Crippen LogP contribution in [0.25, 0.3) is 0 Å². The maximum atomic E-state index is 12.4. The number of ether oxygens (including phenoxy) is 1. The number of hydrogen-bond acceptors (Lipinski definition) is 3. The minimum Gasteiger partial charge on any atom is -0.481 e. The largest absolute Gasteiger partial charge is 0.481 e. The Kier molecular flexibility index (Phi) is 2.81. The Morgan fingerprint density at radius 3 is 2.30 bits per heavy atom. The lowest BCUT2D eigenvalue weighted by Crippen LogP contribution is -2.39. The van der Waals surface area contributed by atoms with Crippen LogP contribution < -0.4 is 5.32 Å². The Labute approximate surface area is 118 Å². The summed E-state index contributed by atoms with van der Waals surface area (Å²) < 4.78 is 5.44. The summed E-state index contributed by atoms with van der Waals surface area (Å²) in [6, 6.07) is 0.102. The highest BCUT2D eigenvalue weighted by Gasteiger charge is 2.57. The zero-order valence-corrected chi connectivity index (χ0v) is 11.5. The molecule has 1 saturated heterocycles. The van der Waals surface area contributed by atoms with E-state index in [9.17, 15) is 9.59 Å². The molecule has 0 spiro atoms. The number of fused-ring (bicyclic) bond motifs is 2. The van der Waals surface area contributed by atoms with Crippen molar-refractivity contribution >= 4 is 11.9 Å². The predicted octanol–water partition coefficient (Wildman–Crippen LogP) is 0.884. The summed E-state index contributed by atoms with van der Waals surface area (Å²) in [5, 5.41) is 12.3. The van der Waals surface area contributed by atoms with Gasteiger partial charge in [-0.25, -0.2) is 0 Å². The molecular formula is C15H21NO4. The van der Waals surface area contributed by atoms with Crippen LogP contribution >= 0.6 is 0 Å². The standard InChI is InChI=1S/C15H21NO4/c17-14(7-1-8-5-20-6-9(8)2-7)16-13-4-12(15(18)19)10-3-11(10)13/h7-13H,1-6H2,(H,16,17)(H,18,19)/t8-,9-,10-,11+,12-,13+/m1/s1. The van der Waals surface area contributed by atoms with Crippen molar-refractivity contribution in [1.29, 1.82) is 0 Å². The Hall–Kier alpha value is -1.10. The number of rotatable bonds is 3. The number of aliphatic carboxylic acids is 1. The van der Waals surface area contributed by atoms with Crippen LogP contribution in [-0.2, 0) is 14.3 Å². The van der Waals surface area contributed by atoms with E-state index >= 15 is 0 Å². The molecule has 1 heterocycles. The van der Waals surface area contributed by atoms with Crippen molar-refractivity contribution in [3.05, 3.63) is 0 Å². The van der Waals surface area contributed by atoms with Crippen LogP contribution in [0.1, 0.15) is 25.7 Å².